The maximum atomic E-state index is 12.3. The fraction of sp³-hybridized carbons (Fsp3) is 0.733. The molecule has 0 aliphatic carbocycles. The van der Waals surface area contributed by atoms with Gasteiger partial charge in [0.1, 0.15) is 0 Å². The lowest BCUT2D eigenvalue weighted by Crippen LogP contribution is -2.44. The average molecular weight is 368 g/mol. The van der Waals surface area contributed by atoms with Gasteiger partial charge in [0.2, 0.25) is 5.91 Å². The summed E-state index contributed by atoms with van der Waals surface area (Å²) >= 11 is 1.66. The summed E-state index contributed by atoms with van der Waals surface area (Å²) < 4.78 is 0. The Bertz CT molecular complexity index is 466. The Morgan fingerprint density at radius 3 is 2.41 bits per heavy atom. The van der Waals surface area contributed by atoms with Gasteiger partial charge in [0.05, 0.1) is 17.1 Å². The first-order chi connectivity index (χ1) is 9.40. The predicted octanol–water partition coefficient (Wildman–Crippen LogP) is 3.04. The zero-order chi connectivity index (χ0) is 14.8. The first-order valence-electron chi connectivity index (χ1n) is 7.30. The van der Waals surface area contributed by atoms with Crippen LogP contribution in [0.3, 0.4) is 0 Å². The maximum Gasteiger partial charge on any atom is 0.228 e. The van der Waals surface area contributed by atoms with Crippen LogP contribution in [0.1, 0.15) is 44.3 Å². The summed E-state index contributed by atoms with van der Waals surface area (Å²) in [6, 6.07) is 0.561. The molecule has 1 amide bonds. The number of halogens is 2. The van der Waals surface area contributed by atoms with Crippen molar-refractivity contribution >= 4 is 42.1 Å². The molecule has 0 saturated carbocycles. The number of thiazole rings is 1. The highest BCUT2D eigenvalue weighted by Crippen LogP contribution is 2.26. The van der Waals surface area contributed by atoms with Gasteiger partial charge in [0, 0.05) is 29.9 Å². The summed E-state index contributed by atoms with van der Waals surface area (Å²) in [5.74, 6) is 0.213. The van der Waals surface area contributed by atoms with Crippen molar-refractivity contribution in [2.75, 3.05) is 20.1 Å². The van der Waals surface area contributed by atoms with Gasteiger partial charge in [0.25, 0.3) is 0 Å². The second-order valence-electron chi connectivity index (χ2n) is 6.51. The molecule has 2 rings (SSSR count). The number of piperidine rings is 1. The minimum Gasteiger partial charge on any atom is -0.342 e. The molecule has 4 nitrogen and oxygen atoms in total. The first kappa shape index (κ1) is 21.6. The molecule has 2 heterocycles. The molecule has 0 radical (unpaired) electrons. The van der Waals surface area contributed by atoms with Gasteiger partial charge in [-0.1, -0.05) is 20.8 Å². The summed E-state index contributed by atoms with van der Waals surface area (Å²) in [6.07, 6.45) is 2.54. The van der Waals surface area contributed by atoms with E-state index in [0.29, 0.717) is 12.5 Å². The van der Waals surface area contributed by atoms with E-state index in [2.05, 4.69) is 31.1 Å². The van der Waals surface area contributed by atoms with Crippen molar-refractivity contribution < 1.29 is 4.79 Å². The number of carbonyl (C=O) groups is 1. The molecular formula is C15H27Cl2N3OS. The Labute approximate surface area is 149 Å². The van der Waals surface area contributed by atoms with Crippen molar-refractivity contribution in [2.24, 2.45) is 0 Å². The molecule has 0 atom stereocenters. The SMILES string of the molecule is CNC1CCN(C(=O)Cc2csc(C(C)(C)C)n2)CC1.Cl.Cl. The molecule has 1 aliphatic rings. The van der Waals surface area contributed by atoms with Crippen LogP contribution in [0.15, 0.2) is 5.38 Å². The first-order valence-corrected chi connectivity index (χ1v) is 8.18. The van der Waals surface area contributed by atoms with Gasteiger partial charge in [0.15, 0.2) is 0 Å². The number of hydrogen-bond acceptors (Lipinski definition) is 4. The zero-order valence-electron chi connectivity index (χ0n) is 13.7. The van der Waals surface area contributed by atoms with Crippen LogP contribution in [-0.2, 0) is 16.6 Å². The zero-order valence-corrected chi connectivity index (χ0v) is 16.2. The highest BCUT2D eigenvalue weighted by molar-refractivity contribution is 7.09. The minimum atomic E-state index is 0. The number of carbonyl (C=O) groups excluding carboxylic acids is 1. The second-order valence-corrected chi connectivity index (χ2v) is 7.37. The fourth-order valence-corrected chi connectivity index (χ4v) is 3.32. The minimum absolute atomic E-state index is 0. The van der Waals surface area contributed by atoms with Crippen LogP contribution in [0.5, 0.6) is 0 Å². The molecule has 0 aromatic carbocycles. The van der Waals surface area contributed by atoms with Crippen molar-refractivity contribution in [2.45, 2.75) is 51.5 Å². The van der Waals surface area contributed by atoms with Gasteiger partial charge in [-0.3, -0.25) is 4.79 Å². The molecule has 22 heavy (non-hydrogen) atoms. The van der Waals surface area contributed by atoms with Crippen LogP contribution in [0, 0.1) is 0 Å². The molecule has 1 aromatic rings. The normalized spacial score (nSPS) is 15.9. The van der Waals surface area contributed by atoms with E-state index in [1.165, 1.54) is 0 Å². The smallest absolute Gasteiger partial charge is 0.228 e. The molecule has 128 valence electrons. The molecule has 1 N–H and O–H groups in total. The van der Waals surface area contributed by atoms with Crippen LogP contribution in [0.4, 0.5) is 0 Å². The second kappa shape index (κ2) is 9.06. The number of amides is 1. The van der Waals surface area contributed by atoms with E-state index in [1.54, 1.807) is 11.3 Å². The van der Waals surface area contributed by atoms with Gasteiger partial charge < -0.3 is 10.2 Å². The van der Waals surface area contributed by atoms with Crippen LogP contribution < -0.4 is 5.32 Å². The van der Waals surface area contributed by atoms with Crippen LogP contribution >= 0.6 is 36.2 Å². The van der Waals surface area contributed by atoms with Crippen LogP contribution in [0.2, 0.25) is 0 Å². The Kier molecular flexibility index (Phi) is 8.91. The number of rotatable bonds is 3. The summed E-state index contributed by atoms with van der Waals surface area (Å²) in [6.45, 7) is 8.18. The molecule has 1 aromatic heterocycles. The monoisotopic (exact) mass is 367 g/mol. The van der Waals surface area contributed by atoms with Gasteiger partial charge >= 0.3 is 0 Å². The standard InChI is InChI=1S/C15H25N3OS.2ClH/c1-15(2,3)14-17-12(10-20-14)9-13(19)18-7-5-11(16-4)6-8-18;;/h10-11,16H,5-9H2,1-4H3;2*1H. The van der Waals surface area contributed by atoms with Gasteiger partial charge in [-0.25, -0.2) is 4.98 Å². The molecule has 1 fully saturated rings. The summed E-state index contributed by atoms with van der Waals surface area (Å²) in [7, 11) is 1.99. The Morgan fingerprint density at radius 1 is 1.36 bits per heavy atom. The lowest BCUT2D eigenvalue weighted by Gasteiger charge is -2.31. The third kappa shape index (κ3) is 5.69. The highest BCUT2D eigenvalue weighted by atomic mass is 35.5. The van der Waals surface area contributed by atoms with Gasteiger partial charge in [-0.15, -0.1) is 36.2 Å². The summed E-state index contributed by atoms with van der Waals surface area (Å²) in [5.41, 5.74) is 0.984. The Hall–Kier alpha value is -0.360. The van der Waals surface area contributed by atoms with Gasteiger partial charge in [-0.2, -0.15) is 0 Å². The molecule has 0 unspecified atom stereocenters. The highest BCUT2D eigenvalue weighted by Gasteiger charge is 2.23. The van der Waals surface area contributed by atoms with Crippen LogP contribution in [0.25, 0.3) is 0 Å². The largest absolute Gasteiger partial charge is 0.342 e. The number of likely N-dealkylation sites (tertiary alicyclic amines) is 1. The lowest BCUT2D eigenvalue weighted by molar-refractivity contribution is -0.131. The van der Waals surface area contributed by atoms with E-state index < -0.39 is 0 Å². The number of aromatic nitrogens is 1. The maximum absolute atomic E-state index is 12.3. The summed E-state index contributed by atoms with van der Waals surface area (Å²) in [4.78, 5) is 18.9. The van der Waals surface area contributed by atoms with Crippen molar-refractivity contribution in [3.8, 4) is 0 Å². The number of nitrogens with one attached hydrogen (secondary N) is 1. The Morgan fingerprint density at radius 2 is 1.95 bits per heavy atom. The van der Waals surface area contributed by atoms with E-state index in [-0.39, 0.29) is 36.1 Å². The molecule has 7 heteroatoms. The van der Waals surface area contributed by atoms with Crippen molar-refractivity contribution in [1.29, 1.82) is 0 Å². The number of hydrogen-bond donors (Lipinski definition) is 1. The van der Waals surface area contributed by atoms with Crippen LogP contribution in [-0.4, -0.2) is 42.0 Å². The van der Waals surface area contributed by atoms with Gasteiger partial charge in [-0.05, 0) is 19.9 Å². The van der Waals surface area contributed by atoms with E-state index in [0.717, 1.165) is 36.6 Å². The third-order valence-corrected chi connectivity index (χ3v) is 5.10. The van der Waals surface area contributed by atoms with E-state index in [4.69, 9.17) is 0 Å². The number of nitrogens with zero attached hydrogens (tertiary/aromatic N) is 2. The van der Waals surface area contributed by atoms with E-state index in [1.807, 2.05) is 17.3 Å². The predicted molar refractivity (Wildman–Crippen MR) is 97.7 cm³/mol. The molecular weight excluding hydrogens is 341 g/mol. The Balaban J connectivity index is 0.00000220. The summed E-state index contributed by atoms with van der Waals surface area (Å²) in [5, 5.41) is 6.42. The topological polar surface area (TPSA) is 45.2 Å². The molecule has 1 saturated heterocycles. The fourth-order valence-electron chi connectivity index (χ4n) is 2.42. The lowest BCUT2D eigenvalue weighted by atomic mass is 9.98. The molecule has 1 aliphatic heterocycles. The van der Waals surface area contributed by atoms with Crippen molar-refractivity contribution in [3.05, 3.63) is 16.1 Å². The van der Waals surface area contributed by atoms with Crippen molar-refractivity contribution in [1.82, 2.24) is 15.2 Å². The molecule has 0 bridgehead atoms. The van der Waals surface area contributed by atoms with E-state index >= 15 is 0 Å². The quantitative estimate of drug-likeness (QED) is 0.892. The molecule has 0 spiro atoms. The average Bonchev–Trinajstić information content (AvgIpc) is 2.87. The van der Waals surface area contributed by atoms with E-state index in [9.17, 15) is 4.79 Å². The van der Waals surface area contributed by atoms with Crippen molar-refractivity contribution in [3.63, 3.8) is 0 Å². The third-order valence-electron chi connectivity index (χ3n) is 3.78.